The van der Waals surface area contributed by atoms with E-state index in [0.717, 1.165) is 0 Å². The number of furan rings is 1. The molecule has 2 aliphatic heterocycles. The third kappa shape index (κ3) is 8.23. The van der Waals surface area contributed by atoms with Crippen molar-refractivity contribution in [1.29, 1.82) is 0 Å². The van der Waals surface area contributed by atoms with Crippen LogP contribution < -0.4 is 0 Å². The average Bonchev–Trinajstić information content (AvgIpc) is 3.58. The van der Waals surface area contributed by atoms with Gasteiger partial charge < -0.3 is 28.4 Å². The molecule has 0 spiro atoms. The molecule has 1 amide bonds. The summed E-state index contributed by atoms with van der Waals surface area (Å²) >= 11 is 16.8. The van der Waals surface area contributed by atoms with E-state index in [-0.39, 0.29) is 24.2 Å². The van der Waals surface area contributed by atoms with Gasteiger partial charge in [0.2, 0.25) is 0 Å². The molecule has 0 saturated carbocycles. The third-order valence-corrected chi connectivity index (χ3v) is 5.81. The van der Waals surface area contributed by atoms with Crippen molar-refractivity contribution in [1.82, 2.24) is 4.90 Å². The van der Waals surface area contributed by atoms with Crippen molar-refractivity contribution in [3.8, 4) is 0 Å². The monoisotopic (exact) mass is 586 g/mol. The fourth-order valence-corrected chi connectivity index (χ4v) is 3.83. The molecule has 37 heavy (non-hydrogen) atoms. The SMILES string of the molecule is CC1(C)OC(c2ccco2)CN1C(=O)C(Cl)Cl.FC(F)(F)/C(=N\OCC1OCCO1)c1ccc(Cl)cc1. The van der Waals surface area contributed by atoms with Gasteiger partial charge in [-0.2, -0.15) is 13.2 Å². The molecule has 1 atom stereocenters. The van der Waals surface area contributed by atoms with Crippen molar-refractivity contribution in [3.63, 3.8) is 0 Å². The van der Waals surface area contributed by atoms with Crippen LogP contribution in [-0.2, 0) is 23.8 Å². The molecular weight excluding hydrogens is 564 g/mol. The van der Waals surface area contributed by atoms with Gasteiger partial charge in [-0.25, -0.2) is 0 Å². The lowest BCUT2D eigenvalue weighted by atomic mass is 10.1. The molecule has 2 aromatic rings. The number of ether oxygens (including phenoxy) is 3. The molecule has 2 fully saturated rings. The van der Waals surface area contributed by atoms with E-state index in [1.165, 1.54) is 29.2 Å². The van der Waals surface area contributed by atoms with Gasteiger partial charge in [-0.1, -0.05) is 52.1 Å². The second-order valence-electron chi connectivity index (χ2n) is 8.23. The van der Waals surface area contributed by atoms with Crippen molar-refractivity contribution in [3.05, 3.63) is 59.0 Å². The number of oxime groups is 1. The Labute approximate surface area is 226 Å². The minimum Gasteiger partial charge on any atom is -0.467 e. The lowest BCUT2D eigenvalue weighted by Crippen LogP contribution is -2.45. The smallest absolute Gasteiger partial charge is 0.437 e. The Morgan fingerprint density at radius 2 is 1.84 bits per heavy atom. The van der Waals surface area contributed by atoms with Crippen LogP contribution in [0.2, 0.25) is 5.02 Å². The first-order chi connectivity index (χ1) is 17.4. The number of halogens is 6. The molecule has 4 rings (SSSR count). The van der Waals surface area contributed by atoms with Gasteiger partial charge in [0.1, 0.15) is 17.6 Å². The zero-order valence-corrected chi connectivity index (χ0v) is 22.0. The molecule has 1 unspecified atom stereocenters. The van der Waals surface area contributed by atoms with Crippen LogP contribution in [0.25, 0.3) is 0 Å². The van der Waals surface area contributed by atoms with E-state index in [1.807, 2.05) is 6.07 Å². The summed E-state index contributed by atoms with van der Waals surface area (Å²) in [4.78, 5) is 16.9. The van der Waals surface area contributed by atoms with Crippen molar-refractivity contribution < 1.29 is 41.4 Å². The van der Waals surface area contributed by atoms with E-state index >= 15 is 0 Å². The minimum absolute atomic E-state index is 0.129. The summed E-state index contributed by atoms with van der Waals surface area (Å²) in [5.74, 6) is 0.335. The highest BCUT2D eigenvalue weighted by Crippen LogP contribution is 2.36. The number of rotatable bonds is 6. The highest BCUT2D eigenvalue weighted by Gasteiger charge is 2.45. The topological polar surface area (TPSA) is 82.7 Å². The van der Waals surface area contributed by atoms with Crippen LogP contribution in [0.1, 0.15) is 31.3 Å². The maximum atomic E-state index is 12.9. The van der Waals surface area contributed by atoms with Gasteiger partial charge in [0.15, 0.2) is 23.4 Å². The van der Waals surface area contributed by atoms with Gasteiger partial charge in [-0.15, -0.1) is 0 Å². The van der Waals surface area contributed by atoms with Crippen LogP contribution in [0.5, 0.6) is 0 Å². The van der Waals surface area contributed by atoms with Gasteiger partial charge in [-0.3, -0.25) is 4.79 Å². The number of amides is 1. The molecule has 1 aromatic carbocycles. The minimum atomic E-state index is -4.63. The molecule has 3 heterocycles. The Hall–Kier alpha value is -2.02. The quantitative estimate of drug-likeness (QED) is 0.244. The first-order valence-corrected chi connectivity index (χ1v) is 12.2. The van der Waals surface area contributed by atoms with E-state index in [2.05, 4.69) is 9.99 Å². The average molecular weight is 588 g/mol. The number of hydrogen-bond acceptors (Lipinski definition) is 7. The number of carbonyl (C=O) groups is 1. The molecule has 0 bridgehead atoms. The molecule has 1 aromatic heterocycles. The maximum Gasteiger partial charge on any atom is 0.437 e. The maximum absolute atomic E-state index is 12.9. The van der Waals surface area contributed by atoms with Crippen molar-refractivity contribution in [2.45, 2.75) is 43.0 Å². The van der Waals surface area contributed by atoms with Crippen LogP contribution in [0.4, 0.5) is 13.2 Å². The van der Waals surface area contributed by atoms with Crippen molar-refractivity contribution in [2.24, 2.45) is 5.16 Å². The fourth-order valence-electron chi connectivity index (χ4n) is 3.47. The number of nitrogens with zero attached hydrogens (tertiary/aromatic N) is 2. The molecule has 204 valence electrons. The Morgan fingerprint density at radius 1 is 1.19 bits per heavy atom. The summed E-state index contributed by atoms with van der Waals surface area (Å²) in [5.41, 5.74) is -2.00. The van der Waals surface area contributed by atoms with E-state index in [4.69, 9.17) is 53.4 Å². The summed E-state index contributed by atoms with van der Waals surface area (Å²) in [6.07, 6.45) is -4.03. The zero-order chi connectivity index (χ0) is 27.2. The van der Waals surface area contributed by atoms with Crippen molar-refractivity contribution in [2.75, 3.05) is 26.4 Å². The van der Waals surface area contributed by atoms with Crippen molar-refractivity contribution >= 4 is 46.4 Å². The number of carbonyl (C=O) groups excluding carboxylic acids is 1. The molecule has 0 radical (unpaired) electrons. The molecule has 14 heteroatoms. The third-order valence-electron chi connectivity index (χ3n) is 5.19. The first-order valence-electron chi connectivity index (χ1n) is 11.0. The van der Waals surface area contributed by atoms with E-state index in [9.17, 15) is 18.0 Å². The van der Waals surface area contributed by atoms with E-state index < -0.39 is 28.7 Å². The standard InChI is InChI=1S/C12H11ClF3NO3.C11H13Cl2NO3/c13-9-3-1-8(2-4-9)11(12(14,15)16)17-20-7-10-18-5-6-19-10;1-11(2)14(10(15)9(12)13)6-8(17-11)7-4-3-5-16-7/h1-4,10H,5-7H2;3-5,8-9H,6H2,1-2H3/b17-11-;. The number of hydrogen-bond donors (Lipinski definition) is 0. The summed E-state index contributed by atoms with van der Waals surface area (Å²) in [6, 6.07) is 8.74. The highest BCUT2D eigenvalue weighted by molar-refractivity contribution is 6.53. The van der Waals surface area contributed by atoms with Gasteiger partial charge in [0, 0.05) is 10.6 Å². The first kappa shape index (κ1) is 29.5. The zero-order valence-electron chi connectivity index (χ0n) is 19.7. The van der Waals surface area contributed by atoms with Crippen LogP contribution >= 0.6 is 34.8 Å². The van der Waals surface area contributed by atoms with Gasteiger partial charge >= 0.3 is 6.18 Å². The molecular formula is C23H24Cl3F3N2O6. The molecule has 8 nitrogen and oxygen atoms in total. The normalized spacial score (nSPS) is 20.2. The van der Waals surface area contributed by atoms with Gasteiger partial charge in [-0.05, 0) is 38.1 Å². The Morgan fingerprint density at radius 3 is 2.38 bits per heavy atom. The van der Waals surface area contributed by atoms with Crippen LogP contribution in [0.3, 0.4) is 0 Å². The summed E-state index contributed by atoms with van der Waals surface area (Å²) in [5, 5.41) is 3.48. The summed E-state index contributed by atoms with van der Waals surface area (Å²) in [7, 11) is 0. The van der Waals surface area contributed by atoms with Crippen LogP contribution in [0, 0.1) is 0 Å². The fraction of sp³-hybridized carbons (Fsp3) is 0.478. The Bertz CT molecular complexity index is 1040. The summed E-state index contributed by atoms with van der Waals surface area (Å²) < 4.78 is 59.8. The van der Waals surface area contributed by atoms with Crippen LogP contribution in [0.15, 0.2) is 52.2 Å². The lowest BCUT2D eigenvalue weighted by Gasteiger charge is -2.29. The second-order valence-corrected chi connectivity index (χ2v) is 9.76. The van der Waals surface area contributed by atoms with E-state index in [1.54, 1.807) is 26.2 Å². The Balaban J connectivity index is 0.000000208. The molecule has 0 N–H and O–H groups in total. The van der Waals surface area contributed by atoms with E-state index in [0.29, 0.717) is 30.5 Å². The van der Waals surface area contributed by atoms with Gasteiger partial charge in [0.05, 0.1) is 26.0 Å². The Kier molecular flexibility index (Phi) is 10.1. The largest absolute Gasteiger partial charge is 0.467 e. The lowest BCUT2D eigenvalue weighted by molar-refractivity contribution is -0.144. The molecule has 0 aliphatic carbocycles. The molecule has 2 saturated heterocycles. The predicted molar refractivity (Wildman–Crippen MR) is 130 cm³/mol. The summed E-state index contributed by atoms with van der Waals surface area (Å²) in [6.45, 7) is 4.55. The predicted octanol–water partition coefficient (Wildman–Crippen LogP) is 5.72. The van der Waals surface area contributed by atoms with Gasteiger partial charge in [0.25, 0.3) is 5.91 Å². The number of alkyl halides is 5. The second kappa shape index (κ2) is 12.7. The highest BCUT2D eigenvalue weighted by atomic mass is 35.5. The number of benzene rings is 1. The van der Waals surface area contributed by atoms with Crippen LogP contribution in [-0.4, -0.2) is 65.9 Å². The molecule has 2 aliphatic rings.